The number of imidazole rings is 1. The Morgan fingerprint density at radius 1 is 1.20 bits per heavy atom. The molecule has 0 fully saturated rings. The molecule has 1 aromatic carbocycles. The third-order valence-corrected chi connectivity index (χ3v) is 3.94. The minimum absolute atomic E-state index is 0.191. The van der Waals surface area contributed by atoms with Crippen molar-refractivity contribution in [2.24, 2.45) is 5.73 Å². The number of benzene rings is 1. The van der Waals surface area contributed by atoms with E-state index in [1.807, 2.05) is 6.20 Å². The van der Waals surface area contributed by atoms with Gasteiger partial charge in [-0.15, -0.1) is 0 Å². The fourth-order valence-electron chi connectivity index (χ4n) is 2.68. The molecule has 108 valence electrons. The molecule has 2 N–H and O–H groups in total. The lowest BCUT2D eigenvalue weighted by Crippen LogP contribution is -2.23. The molecule has 0 radical (unpaired) electrons. The van der Waals surface area contributed by atoms with E-state index in [1.54, 1.807) is 0 Å². The maximum atomic E-state index is 6.05. The highest BCUT2D eigenvalue weighted by molar-refractivity contribution is 5.37. The minimum atomic E-state index is 0.191. The van der Waals surface area contributed by atoms with Gasteiger partial charge in [-0.3, -0.25) is 0 Å². The molecule has 0 saturated heterocycles. The van der Waals surface area contributed by atoms with Crippen molar-refractivity contribution in [3.63, 3.8) is 0 Å². The number of nitrogens with two attached hydrogens (primary N) is 1. The quantitative estimate of drug-likeness (QED) is 0.908. The highest BCUT2D eigenvalue weighted by atomic mass is 15.1. The van der Waals surface area contributed by atoms with Gasteiger partial charge in [0.15, 0.2) is 0 Å². The Hall–Kier alpha value is -1.61. The van der Waals surface area contributed by atoms with E-state index in [-0.39, 0.29) is 6.04 Å². The summed E-state index contributed by atoms with van der Waals surface area (Å²) in [5, 5.41) is 0. The largest absolute Gasteiger partial charge is 0.330 e. The zero-order valence-corrected chi connectivity index (χ0v) is 13.0. The van der Waals surface area contributed by atoms with Crippen molar-refractivity contribution in [1.82, 2.24) is 9.55 Å². The Kier molecular flexibility index (Phi) is 4.61. The van der Waals surface area contributed by atoms with Crippen LogP contribution in [0.25, 0.3) is 0 Å². The van der Waals surface area contributed by atoms with Crippen LogP contribution in [-0.2, 0) is 13.0 Å². The lowest BCUT2D eigenvalue weighted by molar-refractivity contribution is 0.596. The molecule has 2 aromatic rings. The van der Waals surface area contributed by atoms with Gasteiger partial charge in [0.25, 0.3) is 0 Å². The zero-order chi connectivity index (χ0) is 14.7. The molecule has 1 heterocycles. The van der Waals surface area contributed by atoms with Crippen LogP contribution in [0.5, 0.6) is 0 Å². The molecule has 0 spiro atoms. The summed E-state index contributed by atoms with van der Waals surface area (Å²) in [7, 11) is 0. The summed E-state index contributed by atoms with van der Waals surface area (Å²) >= 11 is 0. The lowest BCUT2D eigenvalue weighted by atomic mass is 9.99. The van der Waals surface area contributed by atoms with Crippen molar-refractivity contribution in [3.05, 3.63) is 52.6 Å². The fraction of sp³-hybridized carbons (Fsp3) is 0.471. The Balaban J connectivity index is 2.25. The molecule has 1 atom stereocenters. The van der Waals surface area contributed by atoms with Gasteiger partial charge in [-0.25, -0.2) is 4.98 Å². The highest BCUT2D eigenvalue weighted by Crippen LogP contribution is 2.18. The minimum Gasteiger partial charge on any atom is -0.330 e. The standard InChI is InChI=1S/C17H25N3/c1-5-15(18)10-17-19-6-7-20(17)11-16-13(3)8-12(2)9-14(16)4/h6-9,15H,5,10-11,18H2,1-4H3. The molecule has 0 bridgehead atoms. The summed E-state index contributed by atoms with van der Waals surface area (Å²) in [5.41, 5.74) is 11.5. The molecule has 2 rings (SSSR count). The van der Waals surface area contributed by atoms with E-state index in [4.69, 9.17) is 5.73 Å². The number of rotatable bonds is 5. The van der Waals surface area contributed by atoms with Crippen molar-refractivity contribution >= 4 is 0 Å². The number of aryl methyl sites for hydroxylation is 3. The molecule has 3 nitrogen and oxygen atoms in total. The van der Waals surface area contributed by atoms with Crippen LogP contribution in [-0.4, -0.2) is 15.6 Å². The Morgan fingerprint density at radius 3 is 2.45 bits per heavy atom. The molecule has 0 amide bonds. The summed E-state index contributed by atoms with van der Waals surface area (Å²) in [6.45, 7) is 9.51. The van der Waals surface area contributed by atoms with Crippen LogP contribution >= 0.6 is 0 Å². The summed E-state index contributed by atoms with van der Waals surface area (Å²) in [6.07, 6.45) is 5.75. The first-order valence-corrected chi connectivity index (χ1v) is 7.33. The van der Waals surface area contributed by atoms with Crippen molar-refractivity contribution in [3.8, 4) is 0 Å². The maximum absolute atomic E-state index is 6.05. The molecule has 3 heteroatoms. The summed E-state index contributed by atoms with van der Waals surface area (Å²) in [5.74, 6) is 1.08. The normalized spacial score (nSPS) is 12.7. The van der Waals surface area contributed by atoms with Crippen molar-refractivity contribution < 1.29 is 0 Å². The molecule has 1 unspecified atom stereocenters. The average molecular weight is 271 g/mol. The third-order valence-electron chi connectivity index (χ3n) is 3.94. The Labute approximate surface area is 121 Å². The van der Waals surface area contributed by atoms with Gasteiger partial charge in [0.1, 0.15) is 5.82 Å². The second-order valence-corrected chi connectivity index (χ2v) is 5.72. The van der Waals surface area contributed by atoms with Crippen LogP contribution in [0.2, 0.25) is 0 Å². The van der Waals surface area contributed by atoms with Gasteiger partial charge in [-0.05, 0) is 43.9 Å². The van der Waals surface area contributed by atoms with E-state index in [0.717, 1.165) is 25.2 Å². The van der Waals surface area contributed by atoms with Crippen LogP contribution in [0.15, 0.2) is 24.5 Å². The third kappa shape index (κ3) is 3.28. The first kappa shape index (κ1) is 14.8. The first-order chi connectivity index (χ1) is 9.51. The molecule has 0 aliphatic carbocycles. The topological polar surface area (TPSA) is 43.8 Å². The van der Waals surface area contributed by atoms with E-state index >= 15 is 0 Å². The van der Waals surface area contributed by atoms with E-state index < -0.39 is 0 Å². The van der Waals surface area contributed by atoms with Crippen molar-refractivity contribution in [2.75, 3.05) is 0 Å². The highest BCUT2D eigenvalue weighted by Gasteiger charge is 2.10. The van der Waals surface area contributed by atoms with Gasteiger partial charge in [0, 0.05) is 31.4 Å². The van der Waals surface area contributed by atoms with Gasteiger partial charge in [0.2, 0.25) is 0 Å². The van der Waals surface area contributed by atoms with E-state index in [1.165, 1.54) is 22.3 Å². The molecule has 0 saturated carbocycles. The zero-order valence-electron chi connectivity index (χ0n) is 13.0. The first-order valence-electron chi connectivity index (χ1n) is 7.33. The number of nitrogens with zero attached hydrogens (tertiary/aromatic N) is 2. The van der Waals surface area contributed by atoms with Gasteiger partial charge in [-0.1, -0.05) is 24.6 Å². The molecular formula is C17H25N3. The molecule has 20 heavy (non-hydrogen) atoms. The number of hydrogen-bond acceptors (Lipinski definition) is 2. The van der Waals surface area contributed by atoms with Gasteiger partial charge in [-0.2, -0.15) is 0 Å². The summed E-state index contributed by atoms with van der Waals surface area (Å²) < 4.78 is 2.22. The predicted octanol–water partition coefficient (Wildman–Crippen LogP) is 3.14. The van der Waals surface area contributed by atoms with E-state index in [9.17, 15) is 0 Å². The van der Waals surface area contributed by atoms with Crippen LogP contribution in [0.4, 0.5) is 0 Å². The van der Waals surface area contributed by atoms with Crippen LogP contribution < -0.4 is 5.73 Å². The predicted molar refractivity (Wildman–Crippen MR) is 84.0 cm³/mol. The molecule has 0 aliphatic rings. The lowest BCUT2D eigenvalue weighted by Gasteiger charge is -2.15. The van der Waals surface area contributed by atoms with Crippen LogP contribution in [0, 0.1) is 20.8 Å². The number of aromatic nitrogens is 2. The molecule has 0 aliphatic heterocycles. The van der Waals surface area contributed by atoms with E-state index in [0.29, 0.717) is 0 Å². The Morgan fingerprint density at radius 2 is 1.85 bits per heavy atom. The second-order valence-electron chi connectivity index (χ2n) is 5.72. The fourth-order valence-corrected chi connectivity index (χ4v) is 2.68. The summed E-state index contributed by atoms with van der Waals surface area (Å²) in [6, 6.07) is 4.68. The average Bonchev–Trinajstić information content (AvgIpc) is 2.80. The number of hydrogen-bond donors (Lipinski definition) is 1. The molecular weight excluding hydrogens is 246 g/mol. The monoisotopic (exact) mass is 271 g/mol. The summed E-state index contributed by atoms with van der Waals surface area (Å²) in [4.78, 5) is 4.46. The smallest absolute Gasteiger partial charge is 0.110 e. The van der Waals surface area contributed by atoms with Gasteiger partial charge >= 0.3 is 0 Å². The SMILES string of the molecule is CCC(N)Cc1nccn1Cc1c(C)cc(C)cc1C. The van der Waals surface area contributed by atoms with Gasteiger partial charge < -0.3 is 10.3 Å². The molecule has 1 aromatic heterocycles. The second kappa shape index (κ2) is 6.23. The van der Waals surface area contributed by atoms with Crippen LogP contribution in [0.1, 0.15) is 41.4 Å². The van der Waals surface area contributed by atoms with E-state index in [2.05, 4.69) is 55.6 Å². The van der Waals surface area contributed by atoms with Gasteiger partial charge in [0.05, 0.1) is 0 Å². The van der Waals surface area contributed by atoms with Crippen LogP contribution in [0.3, 0.4) is 0 Å². The van der Waals surface area contributed by atoms with Crippen molar-refractivity contribution in [2.45, 2.75) is 53.1 Å². The Bertz CT molecular complexity index is 561. The maximum Gasteiger partial charge on any atom is 0.110 e. The van der Waals surface area contributed by atoms with Crippen molar-refractivity contribution in [1.29, 1.82) is 0 Å².